The van der Waals surface area contributed by atoms with Crippen molar-refractivity contribution in [1.29, 1.82) is 0 Å². The number of fused-ring (bicyclic) bond motifs is 1. The lowest BCUT2D eigenvalue weighted by atomic mass is 10.2. The zero-order valence-corrected chi connectivity index (χ0v) is 11.2. The molecule has 1 atom stereocenters. The quantitative estimate of drug-likeness (QED) is 0.755. The van der Waals surface area contributed by atoms with Gasteiger partial charge >= 0.3 is 0 Å². The predicted molar refractivity (Wildman–Crippen MR) is 80.1 cm³/mol. The van der Waals surface area contributed by atoms with E-state index in [4.69, 9.17) is 4.74 Å². The number of aliphatic imine (C=N–C) groups is 1. The van der Waals surface area contributed by atoms with E-state index in [9.17, 15) is 0 Å². The minimum Gasteiger partial charge on any atom is -0.455 e. The molecule has 0 fully saturated rings. The first kappa shape index (κ1) is 11.9. The lowest BCUT2D eigenvalue weighted by Gasteiger charge is -2.11. The van der Waals surface area contributed by atoms with Crippen LogP contribution in [0.1, 0.15) is 11.7 Å². The normalized spacial score (nSPS) is 17.5. The third-order valence-corrected chi connectivity index (χ3v) is 3.40. The zero-order valence-electron chi connectivity index (χ0n) is 11.2. The standard InChI is InChI=1S/C15H13N5O/c1-2-11(7-16-5-1)14-9-17-15(21-14)19-12-4-3-10-8-18-20-13(10)6-12/h1-8,14H,9H2,(H,17,19)(H,18,20). The molecule has 0 bridgehead atoms. The summed E-state index contributed by atoms with van der Waals surface area (Å²) in [5.74, 6) is 0. The Morgan fingerprint density at radius 1 is 1.24 bits per heavy atom. The molecule has 3 aromatic rings. The number of nitrogens with zero attached hydrogens (tertiary/aromatic N) is 3. The molecule has 0 aliphatic carbocycles. The lowest BCUT2D eigenvalue weighted by Crippen LogP contribution is -2.13. The van der Waals surface area contributed by atoms with Crippen LogP contribution in [0.4, 0.5) is 5.69 Å². The van der Waals surface area contributed by atoms with E-state index in [1.165, 1.54) is 0 Å². The molecule has 4 rings (SSSR count). The molecule has 1 aliphatic rings. The molecule has 2 aromatic heterocycles. The van der Waals surface area contributed by atoms with E-state index >= 15 is 0 Å². The molecule has 3 heterocycles. The number of nitrogens with one attached hydrogen (secondary N) is 2. The first-order chi connectivity index (χ1) is 10.4. The number of ether oxygens (including phenoxy) is 1. The maximum absolute atomic E-state index is 5.82. The van der Waals surface area contributed by atoms with Crippen LogP contribution in [0.2, 0.25) is 0 Å². The van der Waals surface area contributed by atoms with Gasteiger partial charge in [0, 0.05) is 29.0 Å². The van der Waals surface area contributed by atoms with Gasteiger partial charge in [0.05, 0.1) is 18.3 Å². The SMILES string of the molecule is c1cncc(C2CN=C(Nc3ccc4cn[nH]c4c3)O2)c1. The average Bonchev–Trinajstić information content (AvgIpc) is 3.17. The van der Waals surface area contributed by atoms with Crippen LogP contribution in [-0.4, -0.2) is 27.7 Å². The number of aromatic amines is 1. The van der Waals surface area contributed by atoms with Gasteiger partial charge in [-0.3, -0.25) is 10.1 Å². The molecule has 1 aliphatic heterocycles. The largest absolute Gasteiger partial charge is 0.455 e. The molecule has 0 amide bonds. The van der Waals surface area contributed by atoms with E-state index < -0.39 is 0 Å². The highest BCUT2D eigenvalue weighted by molar-refractivity contribution is 5.93. The van der Waals surface area contributed by atoms with Crippen molar-refractivity contribution in [2.45, 2.75) is 6.10 Å². The number of anilines is 1. The second kappa shape index (κ2) is 4.90. The molecule has 6 heteroatoms. The topological polar surface area (TPSA) is 75.2 Å². The predicted octanol–water partition coefficient (Wildman–Crippen LogP) is 2.50. The summed E-state index contributed by atoms with van der Waals surface area (Å²) in [5.41, 5.74) is 2.92. The van der Waals surface area contributed by atoms with Crippen molar-refractivity contribution in [1.82, 2.24) is 15.2 Å². The van der Waals surface area contributed by atoms with Gasteiger partial charge in [0.25, 0.3) is 6.02 Å². The van der Waals surface area contributed by atoms with Gasteiger partial charge in [-0.1, -0.05) is 6.07 Å². The van der Waals surface area contributed by atoms with Crippen molar-refractivity contribution < 1.29 is 4.74 Å². The van der Waals surface area contributed by atoms with Gasteiger partial charge in [-0.15, -0.1) is 0 Å². The van der Waals surface area contributed by atoms with E-state index in [-0.39, 0.29) is 6.10 Å². The first-order valence-electron chi connectivity index (χ1n) is 6.70. The number of pyridine rings is 1. The summed E-state index contributed by atoms with van der Waals surface area (Å²) >= 11 is 0. The molecule has 1 aromatic carbocycles. The summed E-state index contributed by atoms with van der Waals surface area (Å²) < 4.78 is 5.82. The number of amidine groups is 1. The molecule has 0 spiro atoms. The van der Waals surface area contributed by atoms with E-state index in [0.29, 0.717) is 12.6 Å². The highest BCUT2D eigenvalue weighted by Crippen LogP contribution is 2.23. The van der Waals surface area contributed by atoms with Crippen LogP contribution < -0.4 is 5.32 Å². The number of hydrogen-bond acceptors (Lipinski definition) is 5. The Morgan fingerprint density at radius 3 is 3.14 bits per heavy atom. The van der Waals surface area contributed by atoms with Gasteiger partial charge in [-0.05, 0) is 24.3 Å². The summed E-state index contributed by atoms with van der Waals surface area (Å²) in [6.45, 7) is 0.598. The van der Waals surface area contributed by atoms with Crippen LogP contribution >= 0.6 is 0 Å². The van der Waals surface area contributed by atoms with E-state index in [1.54, 1.807) is 18.6 Å². The molecule has 0 saturated heterocycles. The van der Waals surface area contributed by atoms with Crippen molar-refractivity contribution in [2.24, 2.45) is 4.99 Å². The Balaban J connectivity index is 1.48. The maximum atomic E-state index is 5.82. The Bertz CT molecular complexity index is 796. The highest BCUT2D eigenvalue weighted by Gasteiger charge is 2.21. The van der Waals surface area contributed by atoms with Crippen molar-refractivity contribution in [3.8, 4) is 0 Å². The maximum Gasteiger partial charge on any atom is 0.290 e. The number of H-pyrrole nitrogens is 1. The molecule has 21 heavy (non-hydrogen) atoms. The van der Waals surface area contributed by atoms with Gasteiger partial charge in [0.2, 0.25) is 0 Å². The Hall–Kier alpha value is -2.89. The average molecular weight is 279 g/mol. The zero-order chi connectivity index (χ0) is 14.1. The summed E-state index contributed by atoms with van der Waals surface area (Å²) in [7, 11) is 0. The van der Waals surface area contributed by atoms with E-state index in [2.05, 4.69) is 25.5 Å². The lowest BCUT2D eigenvalue weighted by molar-refractivity contribution is 0.228. The van der Waals surface area contributed by atoms with Crippen LogP contribution in [0.15, 0.2) is 53.9 Å². The molecule has 6 nitrogen and oxygen atoms in total. The monoisotopic (exact) mass is 279 g/mol. The van der Waals surface area contributed by atoms with Crippen molar-refractivity contribution in [3.63, 3.8) is 0 Å². The molecule has 0 radical (unpaired) electrons. The summed E-state index contributed by atoms with van der Waals surface area (Å²) in [6, 6.07) is 10.4. The molecule has 1 unspecified atom stereocenters. The van der Waals surface area contributed by atoms with Gasteiger partial charge in [-0.25, -0.2) is 4.99 Å². The Labute approximate surface area is 120 Å². The smallest absolute Gasteiger partial charge is 0.290 e. The Kier molecular flexibility index (Phi) is 2.77. The van der Waals surface area contributed by atoms with Gasteiger partial charge in [0.15, 0.2) is 0 Å². The second-order valence-corrected chi connectivity index (χ2v) is 4.84. The van der Waals surface area contributed by atoms with Gasteiger partial charge < -0.3 is 10.1 Å². The van der Waals surface area contributed by atoms with Crippen molar-refractivity contribution >= 4 is 22.6 Å². The van der Waals surface area contributed by atoms with Gasteiger partial charge in [0.1, 0.15) is 6.10 Å². The third kappa shape index (κ3) is 2.31. The van der Waals surface area contributed by atoms with Crippen LogP contribution in [0.25, 0.3) is 10.9 Å². The molecular weight excluding hydrogens is 266 g/mol. The molecule has 104 valence electrons. The fourth-order valence-corrected chi connectivity index (χ4v) is 2.32. The fourth-order valence-electron chi connectivity index (χ4n) is 2.32. The van der Waals surface area contributed by atoms with Gasteiger partial charge in [-0.2, -0.15) is 5.10 Å². The van der Waals surface area contributed by atoms with Crippen LogP contribution in [-0.2, 0) is 4.74 Å². The van der Waals surface area contributed by atoms with Crippen molar-refractivity contribution in [2.75, 3.05) is 11.9 Å². The number of benzene rings is 1. The summed E-state index contributed by atoms with van der Waals surface area (Å²) in [4.78, 5) is 8.49. The van der Waals surface area contributed by atoms with Crippen molar-refractivity contribution in [3.05, 3.63) is 54.5 Å². The number of aromatic nitrogens is 3. The van der Waals surface area contributed by atoms with Crippen LogP contribution in [0.3, 0.4) is 0 Å². The molecular formula is C15H13N5O. The Morgan fingerprint density at radius 2 is 2.24 bits per heavy atom. The second-order valence-electron chi connectivity index (χ2n) is 4.84. The van der Waals surface area contributed by atoms with Crippen LogP contribution in [0.5, 0.6) is 0 Å². The van der Waals surface area contributed by atoms with E-state index in [0.717, 1.165) is 22.2 Å². The fraction of sp³-hybridized carbons (Fsp3) is 0.133. The first-order valence-corrected chi connectivity index (χ1v) is 6.70. The highest BCUT2D eigenvalue weighted by atomic mass is 16.5. The molecule has 2 N–H and O–H groups in total. The summed E-state index contributed by atoms with van der Waals surface area (Å²) in [6.07, 6.45) is 5.27. The minimum atomic E-state index is -0.0721. The minimum absolute atomic E-state index is 0.0721. The van der Waals surface area contributed by atoms with Crippen LogP contribution in [0, 0.1) is 0 Å². The number of rotatable bonds is 2. The number of hydrogen-bond donors (Lipinski definition) is 2. The molecule has 0 saturated carbocycles. The van der Waals surface area contributed by atoms with E-state index in [1.807, 2.05) is 30.3 Å². The third-order valence-electron chi connectivity index (χ3n) is 3.40. The summed E-state index contributed by atoms with van der Waals surface area (Å²) in [5, 5.41) is 11.2.